The van der Waals surface area contributed by atoms with Crippen LogP contribution in [0.3, 0.4) is 0 Å². The standard InChI is InChI=1S/C21H21FN2O5/c1-27-11-10-24-20(25)18(13-4-6-14(22)7-5-13)19(21(24)26)23-16-9-8-15(28-2)12-17(16)29-3/h4-9,12,23H,10-11H2,1-3H3. The predicted molar refractivity (Wildman–Crippen MR) is 105 cm³/mol. The van der Waals surface area contributed by atoms with Gasteiger partial charge in [-0.05, 0) is 29.8 Å². The molecule has 8 heteroatoms. The molecule has 0 aliphatic carbocycles. The Kier molecular flexibility index (Phi) is 6.13. The molecule has 0 saturated heterocycles. The van der Waals surface area contributed by atoms with Crippen LogP contribution >= 0.6 is 0 Å². The lowest BCUT2D eigenvalue weighted by Gasteiger charge is -2.15. The number of anilines is 1. The molecular formula is C21H21FN2O5. The Bertz CT molecular complexity index is 956. The minimum atomic E-state index is -0.496. The van der Waals surface area contributed by atoms with Crippen molar-refractivity contribution in [2.75, 3.05) is 39.8 Å². The Morgan fingerprint density at radius 3 is 2.31 bits per heavy atom. The Labute approximate surface area is 167 Å². The molecule has 1 N–H and O–H groups in total. The Morgan fingerprint density at radius 1 is 0.966 bits per heavy atom. The maximum absolute atomic E-state index is 13.4. The average Bonchev–Trinajstić information content (AvgIpc) is 2.96. The number of methoxy groups -OCH3 is 3. The minimum absolute atomic E-state index is 0.0844. The normalized spacial score (nSPS) is 13.9. The van der Waals surface area contributed by atoms with Gasteiger partial charge in [0.2, 0.25) is 0 Å². The smallest absolute Gasteiger partial charge is 0.278 e. The van der Waals surface area contributed by atoms with Gasteiger partial charge in [-0.2, -0.15) is 0 Å². The molecule has 0 atom stereocenters. The number of carbonyl (C=O) groups is 2. The van der Waals surface area contributed by atoms with Crippen molar-refractivity contribution in [3.8, 4) is 11.5 Å². The van der Waals surface area contributed by atoms with Gasteiger partial charge in [0.25, 0.3) is 11.8 Å². The van der Waals surface area contributed by atoms with E-state index < -0.39 is 17.6 Å². The molecule has 1 heterocycles. The van der Waals surface area contributed by atoms with Crippen molar-refractivity contribution in [2.24, 2.45) is 0 Å². The molecule has 2 aromatic rings. The molecule has 2 amide bonds. The van der Waals surface area contributed by atoms with Crippen LogP contribution in [0, 0.1) is 5.82 Å². The van der Waals surface area contributed by atoms with Crippen LogP contribution in [-0.2, 0) is 14.3 Å². The fourth-order valence-electron chi connectivity index (χ4n) is 3.00. The number of halogens is 1. The van der Waals surface area contributed by atoms with Crippen LogP contribution < -0.4 is 14.8 Å². The summed E-state index contributed by atoms with van der Waals surface area (Å²) in [4.78, 5) is 27.1. The van der Waals surface area contributed by atoms with E-state index in [1.165, 1.54) is 45.6 Å². The number of benzene rings is 2. The number of carbonyl (C=O) groups excluding carboxylic acids is 2. The van der Waals surface area contributed by atoms with E-state index in [4.69, 9.17) is 14.2 Å². The van der Waals surface area contributed by atoms with Gasteiger partial charge < -0.3 is 19.5 Å². The zero-order chi connectivity index (χ0) is 21.0. The van der Waals surface area contributed by atoms with E-state index >= 15 is 0 Å². The van der Waals surface area contributed by atoms with Crippen molar-refractivity contribution in [1.29, 1.82) is 0 Å². The van der Waals surface area contributed by atoms with Crippen LogP contribution in [0.1, 0.15) is 5.56 Å². The number of rotatable bonds is 8. The molecule has 7 nitrogen and oxygen atoms in total. The van der Waals surface area contributed by atoms with Gasteiger partial charge in [0.1, 0.15) is 23.0 Å². The first-order valence-corrected chi connectivity index (χ1v) is 8.84. The fourth-order valence-corrected chi connectivity index (χ4v) is 3.00. The molecule has 0 fully saturated rings. The molecule has 1 aliphatic rings. The van der Waals surface area contributed by atoms with Crippen LogP contribution in [0.4, 0.5) is 10.1 Å². The molecule has 29 heavy (non-hydrogen) atoms. The van der Waals surface area contributed by atoms with Gasteiger partial charge in [-0.25, -0.2) is 4.39 Å². The van der Waals surface area contributed by atoms with E-state index in [0.717, 1.165) is 4.90 Å². The molecule has 1 aliphatic heterocycles. The molecule has 3 rings (SSSR count). The quantitative estimate of drug-likeness (QED) is 0.687. The van der Waals surface area contributed by atoms with Crippen molar-refractivity contribution < 1.29 is 28.2 Å². The van der Waals surface area contributed by atoms with E-state index in [1.807, 2.05) is 0 Å². The summed E-state index contributed by atoms with van der Waals surface area (Å²) >= 11 is 0. The van der Waals surface area contributed by atoms with E-state index in [1.54, 1.807) is 18.2 Å². The lowest BCUT2D eigenvalue weighted by molar-refractivity contribution is -0.137. The summed E-state index contributed by atoms with van der Waals surface area (Å²) in [6, 6.07) is 10.4. The number of imide groups is 1. The zero-order valence-electron chi connectivity index (χ0n) is 16.3. The van der Waals surface area contributed by atoms with Crippen molar-refractivity contribution in [2.45, 2.75) is 0 Å². The summed E-state index contributed by atoms with van der Waals surface area (Å²) in [5.41, 5.74) is 1.16. The number of hydrogen-bond acceptors (Lipinski definition) is 6. The van der Waals surface area contributed by atoms with Gasteiger partial charge in [-0.1, -0.05) is 12.1 Å². The van der Waals surface area contributed by atoms with Crippen LogP contribution in [0.25, 0.3) is 5.57 Å². The van der Waals surface area contributed by atoms with Crippen molar-refractivity contribution in [1.82, 2.24) is 4.90 Å². The highest BCUT2D eigenvalue weighted by molar-refractivity contribution is 6.36. The number of hydrogen-bond donors (Lipinski definition) is 1. The maximum Gasteiger partial charge on any atom is 0.278 e. The van der Waals surface area contributed by atoms with Crippen LogP contribution in [0.5, 0.6) is 11.5 Å². The minimum Gasteiger partial charge on any atom is -0.497 e. The summed E-state index contributed by atoms with van der Waals surface area (Å²) in [7, 11) is 4.51. The Hall–Kier alpha value is -3.39. The Balaban J connectivity index is 2.06. The van der Waals surface area contributed by atoms with Crippen LogP contribution in [0.2, 0.25) is 0 Å². The second-order valence-electron chi connectivity index (χ2n) is 6.20. The zero-order valence-corrected chi connectivity index (χ0v) is 16.3. The topological polar surface area (TPSA) is 77.1 Å². The summed E-state index contributed by atoms with van der Waals surface area (Å²) in [6.07, 6.45) is 0. The van der Waals surface area contributed by atoms with Crippen molar-refractivity contribution in [3.05, 3.63) is 59.5 Å². The fraction of sp³-hybridized carbons (Fsp3) is 0.238. The number of ether oxygens (including phenoxy) is 3. The predicted octanol–water partition coefficient (Wildman–Crippen LogP) is 2.68. The third-order valence-electron chi connectivity index (χ3n) is 4.49. The largest absolute Gasteiger partial charge is 0.497 e. The molecule has 0 spiro atoms. The molecule has 2 aromatic carbocycles. The van der Waals surface area contributed by atoms with Crippen molar-refractivity contribution >= 4 is 23.1 Å². The third kappa shape index (κ3) is 4.07. The molecule has 0 unspecified atom stereocenters. The molecule has 152 valence electrons. The lowest BCUT2D eigenvalue weighted by Crippen LogP contribution is -2.35. The first-order chi connectivity index (χ1) is 14.0. The van der Waals surface area contributed by atoms with Gasteiger partial charge in [0.05, 0.1) is 38.6 Å². The average molecular weight is 400 g/mol. The van der Waals surface area contributed by atoms with Gasteiger partial charge in [-0.3, -0.25) is 14.5 Å². The molecule has 0 radical (unpaired) electrons. The van der Waals surface area contributed by atoms with E-state index in [9.17, 15) is 14.0 Å². The number of amides is 2. The molecule has 0 bridgehead atoms. The second-order valence-corrected chi connectivity index (χ2v) is 6.20. The third-order valence-corrected chi connectivity index (χ3v) is 4.49. The second kappa shape index (κ2) is 8.74. The summed E-state index contributed by atoms with van der Waals surface area (Å²) in [6.45, 7) is 0.303. The van der Waals surface area contributed by atoms with Gasteiger partial charge >= 0.3 is 0 Å². The molecule has 0 aromatic heterocycles. The summed E-state index contributed by atoms with van der Waals surface area (Å²) in [5, 5.41) is 3.01. The van der Waals surface area contributed by atoms with Crippen LogP contribution in [0.15, 0.2) is 48.2 Å². The van der Waals surface area contributed by atoms with Gasteiger partial charge in [0.15, 0.2) is 0 Å². The van der Waals surface area contributed by atoms with Gasteiger partial charge in [-0.15, -0.1) is 0 Å². The summed E-state index contributed by atoms with van der Waals surface area (Å²) < 4.78 is 28.9. The maximum atomic E-state index is 13.4. The first-order valence-electron chi connectivity index (χ1n) is 8.84. The lowest BCUT2D eigenvalue weighted by atomic mass is 10.0. The molecule has 0 saturated carbocycles. The van der Waals surface area contributed by atoms with E-state index in [-0.39, 0.29) is 24.4 Å². The monoisotopic (exact) mass is 400 g/mol. The summed E-state index contributed by atoms with van der Waals surface area (Å²) in [5.74, 6) is -0.395. The van der Waals surface area contributed by atoms with Crippen molar-refractivity contribution in [3.63, 3.8) is 0 Å². The first kappa shape index (κ1) is 20.3. The molecular weight excluding hydrogens is 379 g/mol. The Morgan fingerprint density at radius 2 is 1.69 bits per heavy atom. The van der Waals surface area contributed by atoms with E-state index in [2.05, 4.69) is 5.32 Å². The SMILES string of the molecule is COCCN1C(=O)C(Nc2ccc(OC)cc2OC)=C(c2ccc(F)cc2)C1=O. The van der Waals surface area contributed by atoms with Gasteiger partial charge in [0, 0.05) is 13.2 Å². The van der Waals surface area contributed by atoms with Crippen LogP contribution in [-0.4, -0.2) is 51.2 Å². The number of nitrogens with zero attached hydrogens (tertiary/aromatic N) is 1. The highest BCUT2D eigenvalue weighted by Crippen LogP contribution is 2.35. The highest BCUT2D eigenvalue weighted by Gasteiger charge is 2.39. The highest BCUT2D eigenvalue weighted by atomic mass is 19.1. The number of nitrogens with one attached hydrogen (secondary N) is 1. The van der Waals surface area contributed by atoms with E-state index in [0.29, 0.717) is 22.7 Å².